The molecule has 2 aliphatic rings. The summed E-state index contributed by atoms with van der Waals surface area (Å²) in [5.41, 5.74) is 1.95. The molecule has 2 saturated heterocycles. The smallest absolute Gasteiger partial charge is 0.475 e. The van der Waals surface area contributed by atoms with Crippen molar-refractivity contribution >= 4 is 46.7 Å². The third-order valence-electron chi connectivity index (χ3n) is 8.19. The van der Waals surface area contributed by atoms with Gasteiger partial charge in [-0.1, -0.05) is 35.3 Å². The summed E-state index contributed by atoms with van der Waals surface area (Å²) in [7, 11) is 1.51. The summed E-state index contributed by atoms with van der Waals surface area (Å²) in [6.45, 7) is 4.74. The van der Waals surface area contributed by atoms with E-state index in [4.69, 9.17) is 37.8 Å². The summed E-state index contributed by atoms with van der Waals surface area (Å²) in [4.78, 5) is 40.9. The molecule has 254 valence electrons. The zero-order valence-electron chi connectivity index (χ0n) is 25.6. The van der Waals surface area contributed by atoms with Crippen molar-refractivity contribution in [1.82, 2.24) is 9.80 Å². The van der Waals surface area contributed by atoms with Crippen LogP contribution in [0, 0.1) is 17.7 Å². The molecule has 14 heteroatoms. The lowest BCUT2D eigenvalue weighted by Crippen LogP contribution is -2.46. The number of carboxylic acids is 1. The molecule has 0 atom stereocenters. The van der Waals surface area contributed by atoms with Gasteiger partial charge in [-0.25, -0.2) is 9.18 Å². The highest BCUT2D eigenvalue weighted by Gasteiger charge is 2.38. The highest BCUT2D eigenvalue weighted by Crippen LogP contribution is 2.30. The number of amides is 2. The van der Waals surface area contributed by atoms with E-state index in [1.165, 1.54) is 24.8 Å². The molecule has 2 heterocycles. The van der Waals surface area contributed by atoms with E-state index in [0.29, 0.717) is 48.4 Å². The Bertz CT molecular complexity index is 1300. The van der Waals surface area contributed by atoms with Gasteiger partial charge >= 0.3 is 12.1 Å². The number of piperidine rings is 2. The van der Waals surface area contributed by atoms with Crippen LogP contribution < -0.4 is 4.90 Å². The van der Waals surface area contributed by atoms with Gasteiger partial charge in [0.15, 0.2) is 0 Å². The number of halogens is 6. The van der Waals surface area contributed by atoms with Crippen LogP contribution in [0.5, 0.6) is 0 Å². The molecule has 2 aromatic rings. The van der Waals surface area contributed by atoms with E-state index < -0.39 is 12.1 Å². The Morgan fingerprint density at radius 3 is 2.11 bits per heavy atom. The second-order valence-corrected chi connectivity index (χ2v) is 12.3. The molecular formula is C32H39Cl2F4N3O5. The van der Waals surface area contributed by atoms with Crippen LogP contribution >= 0.6 is 23.2 Å². The number of carboxylic acid groups (broad SMARTS) is 1. The van der Waals surface area contributed by atoms with Crippen LogP contribution in [0.3, 0.4) is 0 Å². The average Bonchev–Trinajstić information content (AvgIpc) is 3.02. The number of benzene rings is 2. The minimum Gasteiger partial charge on any atom is -0.475 e. The maximum Gasteiger partial charge on any atom is 0.490 e. The van der Waals surface area contributed by atoms with Crippen molar-refractivity contribution in [3.63, 3.8) is 0 Å². The molecule has 0 aromatic heterocycles. The number of likely N-dealkylation sites (tertiary alicyclic amines) is 2. The van der Waals surface area contributed by atoms with E-state index in [1.54, 1.807) is 17.0 Å². The minimum absolute atomic E-state index is 0.0359. The van der Waals surface area contributed by atoms with Gasteiger partial charge in [-0.2, -0.15) is 13.2 Å². The number of alkyl halides is 3. The number of carbonyl (C=O) groups excluding carboxylic acids is 2. The van der Waals surface area contributed by atoms with E-state index in [0.717, 1.165) is 51.0 Å². The van der Waals surface area contributed by atoms with Crippen molar-refractivity contribution in [2.24, 2.45) is 11.8 Å². The maximum absolute atomic E-state index is 13.7. The minimum atomic E-state index is -5.08. The number of ether oxygens (including phenoxy) is 1. The first-order valence-corrected chi connectivity index (χ1v) is 15.8. The zero-order valence-corrected chi connectivity index (χ0v) is 27.1. The number of methoxy groups -OCH3 is 1. The monoisotopic (exact) mass is 691 g/mol. The molecule has 8 nitrogen and oxygen atoms in total. The summed E-state index contributed by atoms with van der Waals surface area (Å²) in [6, 6.07) is 12.2. The molecule has 2 fully saturated rings. The molecule has 2 aliphatic heterocycles. The van der Waals surface area contributed by atoms with Crippen molar-refractivity contribution in [2.45, 2.75) is 44.7 Å². The highest BCUT2D eigenvalue weighted by atomic mass is 35.5. The van der Waals surface area contributed by atoms with E-state index >= 15 is 0 Å². The van der Waals surface area contributed by atoms with Crippen molar-refractivity contribution in [1.29, 1.82) is 0 Å². The summed E-state index contributed by atoms with van der Waals surface area (Å²) in [5.74, 6) is -2.44. The van der Waals surface area contributed by atoms with Crippen LogP contribution in [0.4, 0.5) is 23.2 Å². The number of rotatable bonds is 10. The number of hydrogen-bond acceptors (Lipinski definition) is 5. The Morgan fingerprint density at radius 2 is 1.57 bits per heavy atom. The summed E-state index contributed by atoms with van der Waals surface area (Å²) >= 11 is 12.5. The Labute approximate surface area is 276 Å². The Morgan fingerprint density at radius 1 is 0.957 bits per heavy atom. The van der Waals surface area contributed by atoms with Gasteiger partial charge in [0, 0.05) is 38.3 Å². The van der Waals surface area contributed by atoms with Crippen molar-refractivity contribution in [3.8, 4) is 0 Å². The molecule has 0 radical (unpaired) electrons. The number of carbonyl (C=O) groups is 3. The fourth-order valence-corrected chi connectivity index (χ4v) is 5.94. The van der Waals surface area contributed by atoms with E-state index in [9.17, 15) is 27.2 Å². The Balaban J connectivity index is 0.000000738. The topological polar surface area (TPSA) is 90.4 Å². The second kappa shape index (κ2) is 17.8. The quantitative estimate of drug-likeness (QED) is 0.293. The normalized spacial score (nSPS) is 16.5. The van der Waals surface area contributed by atoms with Gasteiger partial charge < -0.3 is 24.5 Å². The second-order valence-electron chi connectivity index (χ2n) is 11.4. The third kappa shape index (κ3) is 11.7. The van der Waals surface area contributed by atoms with Crippen LogP contribution in [-0.2, 0) is 25.5 Å². The summed E-state index contributed by atoms with van der Waals surface area (Å²) < 4.78 is 49.9. The van der Waals surface area contributed by atoms with E-state index in [-0.39, 0.29) is 30.2 Å². The molecule has 0 unspecified atom stereocenters. The predicted molar refractivity (Wildman–Crippen MR) is 168 cm³/mol. The van der Waals surface area contributed by atoms with Crippen LogP contribution in [0.15, 0.2) is 42.5 Å². The summed E-state index contributed by atoms with van der Waals surface area (Å²) in [5, 5.41) is 8.01. The van der Waals surface area contributed by atoms with Crippen LogP contribution in [-0.4, -0.2) is 91.9 Å². The fourth-order valence-electron chi connectivity index (χ4n) is 5.65. The summed E-state index contributed by atoms with van der Waals surface area (Å²) in [6.07, 6.45) is 0.255. The van der Waals surface area contributed by atoms with Gasteiger partial charge in [0.1, 0.15) is 12.4 Å². The van der Waals surface area contributed by atoms with E-state index in [2.05, 4.69) is 4.90 Å². The number of hydrogen-bond donors (Lipinski definition) is 1. The standard InChI is InChI=1S/C30H38Cl2FN3O3.C2HF3O2/c1-39-21-29(37)35-17-11-24(12-18-35)30(38)36(26-7-8-27(31)28(32)20-26)14-2-13-34-15-9-23(10-16-34)19-22-3-5-25(33)6-4-22;3-2(4,5)1(6)7/h3-8,20,23-24H,2,9-19,21H2,1H3;(H,6,7). The third-order valence-corrected chi connectivity index (χ3v) is 8.93. The molecule has 46 heavy (non-hydrogen) atoms. The van der Waals surface area contributed by atoms with Crippen LogP contribution in [0.25, 0.3) is 0 Å². The first kappa shape index (κ1) is 37.5. The lowest BCUT2D eigenvalue weighted by Gasteiger charge is -2.35. The Kier molecular flexibility index (Phi) is 14.6. The van der Waals surface area contributed by atoms with Crippen LogP contribution in [0.2, 0.25) is 10.0 Å². The van der Waals surface area contributed by atoms with Crippen molar-refractivity contribution in [3.05, 3.63) is 63.9 Å². The van der Waals surface area contributed by atoms with Gasteiger partial charge in [0.25, 0.3) is 0 Å². The molecule has 0 bridgehead atoms. The van der Waals surface area contributed by atoms with Gasteiger partial charge in [0.05, 0.1) is 10.0 Å². The largest absolute Gasteiger partial charge is 0.490 e. The number of aliphatic carboxylic acids is 1. The van der Waals surface area contributed by atoms with Gasteiger partial charge in [-0.15, -0.1) is 0 Å². The molecule has 0 aliphatic carbocycles. The number of anilines is 1. The molecule has 0 spiro atoms. The predicted octanol–water partition coefficient (Wildman–Crippen LogP) is 6.33. The first-order chi connectivity index (χ1) is 21.8. The fraction of sp³-hybridized carbons (Fsp3) is 0.531. The van der Waals surface area contributed by atoms with Crippen molar-refractivity contribution < 1.29 is 41.8 Å². The molecule has 4 rings (SSSR count). The SMILES string of the molecule is COCC(=O)N1CCC(C(=O)N(CCCN2CCC(Cc3ccc(F)cc3)CC2)c2ccc(Cl)c(Cl)c2)CC1.O=C(O)C(F)(F)F. The molecule has 0 saturated carbocycles. The lowest BCUT2D eigenvalue weighted by molar-refractivity contribution is -0.192. The van der Waals surface area contributed by atoms with Gasteiger partial charge in [0.2, 0.25) is 11.8 Å². The molecule has 1 N–H and O–H groups in total. The Hall–Kier alpha value is -2.93. The van der Waals surface area contributed by atoms with E-state index in [1.807, 2.05) is 23.1 Å². The van der Waals surface area contributed by atoms with Crippen molar-refractivity contribution in [2.75, 3.05) is 57.9 Å². The molecule has 2 aromatic carbocycles. The van der Waals surface area contributed by atoms with Crippen LogP contribution in [0.1, 0.15) is 37.7 Å². The highest BCUT2D eigenvalue weighted by molar-refractivity contribution is 6.42. The maximum atomic E-state index is 13.7. The molecule has 2 amide bonds. The molecular weight excluding hydrogens is 653 g/mol. The lowest BCUT2D eigenvalue weighted by atomic mass is 9.90. The number of nitrogens with zero attached hydrogens (tertiary/aromatic N) is 3. The average molecular weight is 693 g/mol. The zero-order chi connectivity index (χ0) is 33.9. The first-order valence-electron chi connectivity index (χ1n) is 15.1. The van der Waals surface area contributed by atoms with Gasteiger partial charge in [-0.05, 0) is 100.0 Å². The van der Waals surface area contributed by atoms with Gasteiger partial charge in [-0.3, -0.25) is 9.59 Å².